The fourth-order valence-corrected chi connectivity index (χ4v) is 3.91. The molecule has 0 aliphatic heterocycles. The lowest BCUT2D eigenvalue weighted by Crippen LogP contribution is -3.07. The van der Waals surface area contributed by atoms with Gasteiger partial charge in [-0.3, -0.25) is 4.79 Å². The Morgan fingerprint density at radius 2 is 1.93 bits per heavy atom. The summed E-state index contributed by atoms with van der Waals surface area (Å²) in [6.07, 6.45) is 0. The molecule has 1 aromatic heterocycles. The van der Waals surface area contributed by atoms with E-state index >= 15 is 0 Å². The van der Waals surface area contributed by atoms with Crippen LogP contribution in [0.1, 0.15) is 22.7 Å². The van der Waals surface area contributed by atoms with Crippen molar-refractivity contribution in [3.05, 3.63) is 65.2 Å². The maximum Gasteiger partial charge on any atom is 0.230 e. The molecule has 0 aliphatic rings. The van der Waals surface area contributed by atoms with Gasteiger partial charge >= 0.3 is 0 Å². The highest BCUT2D eigenvalue weighted by atomic mass is 32.2. The third-order valence-electron chi connectivity index (χ3n) is 4.76. The summed E-state index contributed by atoms with van der Waals surface area (Å²) < 4.78 is 1.68. The van der Waals surface area contributed by atoms with E-state index in [1.54, 1.807) is 4.68 Å². The number of quaternary nitrogens is 1. The summed E-state index contributed by atoms with van der Waals surface area (Å²) in [6, 6.07) is 16.5. The maximum atomic E-state index is 12.4. The number of aromatic nitrogens is 4. The van der Waals surface area contributed by atoms with Crippen molar-refractivity contribution in [3.63, 3.8) is 0 Å². The third kappa shape index (κ3) is 5.42. The van der Waals surface area contributed by atoms with Gasteiger partial charge in [0.1, 0.15) is 6.04 Å². The molecule has 0 aliphatic carbocycles. The van der Waals surface area contributed by atoms with Gasteiger partial charge in [-0.1, -0.05) is 59.8 Å². The summed E-state index contributed by atoms with van der Waals surface area (Å²) in [5.41, 5.74) is 4.40. The van der Waals surface area contributed by atoms with E-state index in [0.717, 1.165) is 11.3 Å². The molecule has 1 atom stereocenters. The Kier molecular flexibility index (Phi) is 7.00. The van der Waals surface area contributed by atoms with Crippen molar-refractivity contribution < 1.29 is 9.69 Å². The molecule has 7 nitrogen and oxygen atoms in total. The normalized spacial score (nSPS) is 12.2. The smallest absolute Gasteiger partial charge is 0.230 e. The molecule has 29 heavy (non-hydrogen) atoms. The number of thioether (sulfide) groups is 1. The number of hydrogen-bond donors (Lipinski definition) is 2. The van der Waals surface area contributed by atoms with Gasteiger partial charge in [-0.2, -0.15) is 4.68 Å². The number of nitrogens with one attached hydrogen (secondary N) is 2. The van der Waals surface area contributed by atoms with E-state index in [1.807, 2.05) is 37.3 Å². The molecule has 0 saturated heterocycles. The number of hydrogen-bond acceptors (Lipinski definition) is 5. The summed E-state index contributed by atoms with van der Waals surface area (Å²) in [4.78, 5) is 13.7. The van der Waals surface area contributed by atoms with Crippen molar-refractivity contribution in [2.75, 3.05) is 26.4 Å². The second-order valence-electron chi connectivity index (χ2n) is 7.30. The molecule has 1 amide bonds. The second-order valence-corrected chi connectivity index (χ2v) is 8.24. The number of likely N-dealkylation sites (N-methyl/N-ethyl adjacent to an activating group) is 1. The fourth-order valence-electron chi connectivity index (χ4n) is 3.20. The number of nitrogens with zero attached hydrogens (tertiary/aromatic N) is 4. The van der Waals surface area contributed by atoms with E-state index in [-0.39, 0.29) is 17.7 Å². The summed E-state index contributed by atoms with van der Waals surface area (Å²) >= 11 is 1.33. The Morgan fingerprint density at radius 1 is 1.17 bits per heavy atom. The van der Waals surface area contributed by atoms with Gasteiger partial charge in [0.05, 0.1) is 32.1 Å². The van der Waals surface area contributed by atoms with Crippen LogP contribution in [-0.2, 0) is 4.79 Å². The zero-order valence-electron chi connectivity index (χ0n) is 17.2. The van der Waals surface area contributed by atoms with Gasteiger partial charge in [0.15, 0.2) is 0 Å². The number of rotatable bonds is 8. The van der Waals surface area contributed by atoms with E-state index in [9.17, 15) is 4.79 Å². The molecule has 3 rings (SSSR count). The number of tetrazole rings is 1. The van der Waals surface area contributed by atoms with Crippen molar-refractivity contribution in [2.45, 2.75) is 25.0 Å². The average molecular weight is 412 g/mol. The molecular formula is C21H27N6OS+. The number of aryl methyl sites for hydroxylation is 2. The van der Waals surface area contributed by atoms with Crippen LogP contribution in [0.5, 0.6) is 0 Å². The Hall–Kier alpha value is -2.71. The molecule has 0 fully saturated rings. The fraction of sp³-hybridized carbons (Fsp3) is 0.333. The molecule has 152 valence electrons. The van der Waals surface area contributed by atoms with Gasteiger partial charge < -0.3 is 10.2 Å². The number of carbonyl (C=O) groups excluding carboxylic acids is 1. The molecule has 1 heterocycles. The largest absolute Gasteiger partial charge is 0.349 e. The zero-order chi connectivity index (χ0) is 20.8. The topological polar surface area (TPSA) is 77.1 Å². The first-order valence-electron chi connectivity index (χ1n) is 9.56. The first-order valence-corrected chi connectivity index (χ1v) is 10.5. The molecule has 0 radical (unpaired) electrons. The SMILES string of the molecule is Cc1ccc(-n2nnnc2SCC(=O)NC[C@H](c2ccccc2)[NH+](C)C)c(C)c1. The van der Waals surface area contributed by atoms with Crippen LogP contribution in [-0.4, -0.2) is 52.5 Å². The van der Waals surface area contributed by atoms with Gasteiger partial charge in [0.2, 0.25) is 11.1 Å². The summed E-state index contributed by atoms with van der Waals surface area (Å²) in [6.45, 7) is 4.65. The third-order valence-corrected chi connectivity index (χ3v) is 5.68. The Bertz CT molecular complexity index is 957. The zero-order valence-corrected chi connectivity index (χ0v) is 18.0. The lowest BCUT2D eigenvalue weighted by Gasteiger charge is -2.22. The molecule has 0 unspecified atom stereocenters. The van der Waals surface area contributed by atoms with Crippen molar-refractivity contribution >= 4 is 17.7 Å². The number of amides is 1. The lowest BCUT2D eigenvalue weighted by atomic mass is 10.1. The molecule has 0 saturated carbocycles. The standard InChI is InChI=1S/C21H26N6OS/c1-15-10-11-18(16(2)12-15)27-21(23-24-25-27)29-14-20(28)22-13-19(26(3)4)17-8-6-5-7-9-17/h5-12,19H,13-14H2,1-4H3,(H,22,28)/p+1/t19-/m1/s1. The molecule has 2 N–H and O–H groups in total. The highest BCUT2D eigenvalue weighted by Gasteiger charge is 2.19. The minimum absolute atomic E-state index is 0.0349. The Labute approximate surface area is 175 Å². The highest BCUT2D eigenvalue weighted by Crippen LogP contribution is 2.21. The predicted octanol–water partition coefficient (Wildman–Crippen LogP) is 1.37. The molecule has 0 bridgehead atoms. The molecule has 2 aromatic carbocycles. The van der Waals surface area contributed by atoms with Crippen LogP contribution < -0.4 is 10.2 Å². The minimum Gasteiger partial charge on any atom is -0.349 e. The van der Waals surface area contributed by atoms with Crippen LogP contribution in [0.3, 0.4) is 0 Å². The Balaban J connectivity index is 1.60. The average Bonchev–Trinajstić information content (AvgIpc) is 3.15. The van der Waals surface area contributed by atoms with E-state index in [4.69, 9.17) is 0 Å². The molecule has 3 aromatic rings. The molecule has 0 spiro atoms. The van der Waals surface area contributed by atoms with Crippen LogP contribution in [0.25, 0.3) is 5.69 Å². The number of carbonyl (C=O) groups is 1. The Morgan fingerprint density at radius 3 is 2.62 bits per heavy atom. The minimum atomic E-state index is -0.0349. The van der Waals surface area contributed by atoms with Crippen LogP contribution in [0.15, 0.2) is 53.7 Å². The lowest BCUT2D eigenvalue weighted by molar-refractivity contribution is -0.890. The van der Waals surface area contributed by atoms with Gasteiger partial charge in [-0.25, -0.2) is 0 Å². The van der Waals surface area contributed by atoms with Crippen LogP contribution in [0.2, 0.25) is 0 Å². The van der Waals surface area contributed by atoms with Gasteiger partial charge in [-0.15, -0.1) is 5.10 Å². The van der Waals surface area contributed by atoms with Crippen molar-refractivity contribution in [2.24, 2.45) is 0 Å². The maximum absolute atomic E-state index is 12.4. The van der Waals surface area contributed by atoms with E-state index < -0.39 is 0 Å². The van der Waals surface area contributed by atoms with Gasteiger partial charge in [0.25, 0.3) is 0 Å². The van der Waals surface area contributed by atoms with Crippen molar-refractivity contribution in [1.29, 1.82) is 0 Å². The summed E-state index contributed by atoms with van der Waals surface area (Å²) in [5, 5.41) is 15.6. The first-order chi connectivity index (χ1) is 14.0. The second kappa shape index (κ2) is 9.67. The van der Waals surface area contributed by atoms with Gasteiger partial charge in [-0.05, 0) is 35.9 Å². The van der Waals surface area contributed by atoms with Crippen molar-refractivity contribution in [3.8, 4) is 5.69 Å². The monoisotopic (exact) mass is 411 g/mol. The van der Waals surface area contributed by atoms with Crippen LogP contribution in [0, 0.1) is 13.8 Å². The van der Waals surface area contributed by atoms with Gasteiger partial charge in [0, 0.05) is 5.56 Å². The molecular weight excluding hydrogens is 384 g/mol. The highest BCUT2D eigenvalue weighted by molar-refractivity contribution is 7.99. The quantitative estimate of drug-likeness (QED) is 0.548. The first kappa shape index (κ1) is 21.0. The number of benzene rings is 2. The van der Waals surface area contributed by atoms with Crippen LogP contribution in [0.4, 0.5) is 0 Å². The van der Waals surface area contributed by atoms with Crippen LogP contribution >= 0.6 is 11.8 Å². The van der Waals surface area contributed by atoms with E-state index in [1.165, 1.54) is 27.8 Å². The summed E-state index contributed by atoms with van der Waals surface area (Å²) in [5.74, 6) is 0.225. The van der Waals surface area contributed by atoms with Crippen molar-refractivity contribution in [1.82, 2.24) is 25.5 Å². The van der Waals surface area contributed by atoms with E-state index in [0.29, 0.717) is 11.7 Å². The predicted molar refractivity (Wildman–Crippen MR) is 114 cm³/mol. The van der Waals surface area contributed by atoms with E-state index in [2.05, 4.69) is 60.1 Å². The molecule has 8 heteroatoms. The summed E-state index contributed by atoms with van der Waals surface area (Å²) in [7, 11) is 4.19.